The molecule has 0 bridgehead atoms. The number of nitrogens with zero attached hydrogens (tertiary/aromatic N) is 2. The van der Waals surface area contributed by atoms with Crippen LogP contribution in [0.5, 0.6) is 0 Å². The maximum atomic E-state index is 14.0. The second kappa shape index (κ2) is 10.2. The molecule has 2 aromatic rings. The van der Waals surface area contributed by atoms with Crippen molar-refractivity contribution in [3.8, 4) is 0 Å². The van der Waals surface area contributed by atoms with E-state index in [1.54, 1.807) is 12.1 Å². The summed E-state index contributed by atoms with van der Waals surface area (Å²) in [7, 11) is 0. The monoisotopic (exact) mass is 410 g/mol. The van der Waals surface area contributed by atoms with Crippen molar-refractivity contribution in [2.75, 3.05) is 26.2 Å². The molecule has 2 aromatic carbocycles. The first-order valence-electron chi connectivity index (χ1n) is 11.1. The summed E-state index contributed by atoms with van der Waals surface area (Å²) in [4.78, 5) is 17.4. The largest absolute Gasteiger partial charge is 0.342 e. The quantitative estimate of drug-likeness (QED) is 0.598. The van der Waals surface area contributed by atoms with E-state index < -0.39 is 0 Å². The van der Waals surface area contributed by atoms with E-state index in [4.69, 9.17) is 0 Å². The molecule has 30 heavy (non-hydrogen) atoms. The summed E-state index contributed by atoms with van der Waals surface area (Å²) in [5, 5.41) is 0. The predicted molar refractivity (Wildman–Crippen MR) is 121 cm³/mol. The Bertz CT molecular complexity index is 821. The van der Waals surface area contributed by atoms with Crippen molar-refractivity contribution >= 4 is 5.91 Å². The van der Waals surface area contributed by atoms with Gasteiger partial charge in [-0.2, -0.15) is 0 Å². The number of hydrogen-bond acceptors (Lipinski definition) is 2. The van der Waals surface area contributed by atoms with Crippen LogP contribution in [-0.2, 0) is 11.3 Å². The SMILES string of the molecule is CC(C)CN(CC1CN(Cc2ccccc2)CC1c1cccc(F)c1)C(=O)C(C)C. The molecule has 2 atom stereocenters. The molecular formula is C26H35FN2O. The molecule has 3 nitrogen and oxygen atoms in total. The van der Waals surface area contributed by atoms with Crippen LogP contribution in [0, 0.1) is 23.6 Å². The lowest BCUT2D eigenvalue weighted by Gasteiger charge is -2.31. The van der Waals surface area contributed by atoms with Crippen molar-refractivity contribution in [2.45, 2.75) is 40.2 Å². The summed E-state index contributed by atoms with van der Waals surface area (Å²) in [6.45, 7) is 12.4. The van der Waals surface area contributed by atoms with E-state index in [0.29, 0.717) is 5.92 Å². The van der Waals surface area contributed by atoms with Gasteiger partial charge >= 0.3 is 0 Å². The average Bonchev–Trinajstić information content (AvgIpc) is 3.09. The minimum Gasteiger partial charge on any atom is -0.342 e. The predicted octanol–water partition coefficient (Wildman–Crippen LogP) is 5.18. The van der Waals surface area contributed by atoms with E-state index in [-0.39, 0.29) is 29.5 Å². The van der Waals surface area contributed by atoms with Crippen LogP contribution in [0.25, 0.3) is 0 Å². The number of halogens is 1. The van der Waals surface area contributed by atoms with Crippen LogP contribution in [0.1, 0.15) is 44.7 Å². The molecule has 1 amide bonds. The molecule has 0 aromatic heterocycles. The van der Waals surface area contributed by atoms with Crippen LogP contribution < -0.4 is 0 Å². The molecule has 2 unspecified atom stereocenters. The summed E-state index contributed by atoms with van der Waals surface area (Å²) in [5.74, 6) is 0.935. The van der Waals surface area contributed by atoms with Gasteiger partial charge in [-0.25, -0.2) is 4.39 Å². The van der Waals surface area contributed by atoms with Crippen LogP contribution in [-0.4, -0.2) is 41.9 Å². The summed E-state index contributed by atoms with van der Waals surface area (Å²) >= 11 is 0. The standard InChI is InChI=1S/C26H35FN2O/c1-19(2)14-29(26(30)20(3)4)17-23-16-28(15-21-9-6-5-7-10-21)18-25(23)22-11-8-12-24(27)13-22/h5-13,19-20,23,25H,14-18H2,1-4H3. The van der Waals surface area contributed by atoms with Crippen molar-refractivity contribution in [1.29, 1.82) is 0 Å². The third kappa shape index (κ3) is 5.91. The van der Waals surface area contributed by atoms with Crippen LogP contribution in [0.15, 0.2) is 54.6 Å². The Morgan fingerprint density at radius 3 is 2.43 bits per heavy atom. The van der Waals surface area contributed by atoms with Gasteiger partial charge in [-0.3, -0.25) is 9.69 Å². The number of rotatable bonds is 8. The number of amides is 1. The van der Waals surface area contributed by atoms with Gasteiger partial charge in [0.15, 0.2) is 0 Å². The molecule has 0 radical (unpaired) electrons. The van der Waals surface area contributed by atoms with Crippen molar-refractivity contribution in [3.63, 3.8) is 0 Å². The summed E-state index contributed by atoms with van der Waals surface area (Å²) in [6.07, 6.45) is 0. The molecule has 1 heterocycles. The van der Waals surface area contributed by atoms with Crippen molar-refractivity contribution in [2.24, 2.45) is 17.8 Å². The van der Waals surface area contributed by atoms with Crippen molar-refractivity contribution in [3.05, 3.63) is 71.5 Å². The summed E-state index contributed by atoms with van der Waals surface area (Å²) in [5.41, 5.74) is 2.32. The van der Waals surface area contributed by atoms with E-state index in [1.807, 2.05) is 30.9 Å². The third-order valence-corrected chi connectivity index (χ3v) is 5.89. The van der Waals surface area contributed by atoms with E-state index in [9.17, 15) is 9.18 Å². The highest BCUT2D eigenvalue weighted by Gasteiger charge is 2.36. The highest BCUT2D eigenvalue weighted by molar-refractivity contribution is 5.78. The fourth-order valence-electron chi connectivity index (χ4n) is 4.57. The molecule has 0 aliphatic carbocycles. The molecule has 1 saturated heterocycles. The Morgan fingerprint density at radius 1 is 1.07 bits per heavy atom. The van der Waals surface area contributed by atoms with Crippen LogP contribution >= 0.6 is 0 Å². The normalized spacial score (nSPS) is 19.6. The number of carbonyl (C=O) groups excluding carboxylic acids is 1. The van der Waals surface area contributed by atoms with Gasteiger partial charge in [0.2, 0.25) is 5.91 Å². The molecule has 4 heteroatoms. The number of likely N-dealkylation sites (tertiary alicyclic amines) is 1. The Hall–Kier alpha value is -2.20. The van der Waals surface area contributed by atoms with Gasteiger partial charge in [-0.1, -0.05) is 70.2 Å². The second-order valence-corrected chi connectivity index (χ2v) is 9.39. The van der Waals surface area contributed by atoms with Gasteiger partial charge < -0.3 is 4.90 Å². The van der Waals surface area contributed by atoms with Gasteiger partial charge in [0.05, 0.1) is 0 Å². The zero-order chi connectivity index (χ0) is 21.7. The van der Waals surface area contributed by atoms with Crippen LogP contribution in [0.4, 0.5) is 4.39 Å². The molecule has 162 valence electrons. The van der Waals surface area contributed by atoms with Crippen molar-refractivity contribution < 1.29 is 9.18 Å². The average molecular weight is 411 g/mol. The maximum absolute atomic E-state index is 14.0. The molecule has 3 rings (SSSR count). The highest BCUT2D eigenvalue weighted by Crippen LogP contribution is 2.35. The lowest BCUT2D eigenvalue weighted by Crippen LogP contribution is -2.41. The van der Waals surface area contributed by atoms with E-state index in [2.05, 4.69) is 43.0 Å². The lowest BCUT2D eigenvalue weighted by molar-refractivity contribution is -0.135. The van der Waals surface area contributed by atoms with Gasteiger partial charge in [-0.05, 0) is 35.1 Å². The van der Waals surface area contributed by atoms with Crippen molar-refractivity contribution in [1.82, 2.24) is 9.80 Å². The first-order valence-corrected chi connectivity index (χ1v) is 11.1. The number of hydrogen-bond donors (Lipinski definition) is 0. The Balaban J connectivity index is 1.82. The van der Waals surface area contributed by atoms with Gasteiger partial charge in [0.25, 0.3) is 0 Å². The fourth-order valence-corrected chi connectivity index (χ4v) is 4.57. The minimum absolute atomic E-state index is 0.0156. The topological polar surface area (TPSA) is 23.6 Å². The van der Waals surface area contributed by atoms with Gasteiger partial charge in [-0.15, -0.1) is 0 Å². The first kappa shape index (κ1) is 22.5. The Kier molecular flexibility index (Phi) is 7.65. The highest BCUT2D eigenvalue weighted by atomic mass is 19.1. The molecule has 0 spiro atoms. The van der Waals surface area contributed by atoms with E-state index in [0.717, 1.165) is 38.3 Å². The molecule has 0 N–H and O–H groups in total. The zero-order valence-corrected chi connectivity index (χ0v) is 18.7. The smallest absolute Gasteiger partial charge is 0.225 e. The van der Waals surface area contributed by atoms with Gasteiger partial charge in [0, 0.05) is 44.6 Å². The lowest BCUT2D eigenvalue weighted by atomic mass is 9.88. The van der Waals surface area contributed by atoms with E-state index in [1.165, 1.54) is 11.6 Å². The Labute approximate surface area is 180 Å². The van der Waals surface area contributed by atoms with Gasteiger partial charge in [0.1, 0.15) is 5.82 Å². The summed E-state index contributed by atoms with van der Waals surface area (Å²) in [6, 6.07) is 17.5. The van der Waals surface area contributed by atoms with E-state index >= 15 is 0 Å². The maximum Gasteiger partial charge on any atom is 0.225 e. The minimum atomic E-state index is -0.190. The third-order valence-electron chi connectivity index (χ3n) is 5.89. The second-order valence-electron chi connectivity index (χ2n) is 9.39. The zero-order valence-electron chi connectivity index (χ0n) is 18.7. The fraction of sp³-hybridized carbons (Fsp3) is 0.500. The molecule has 1 fully saturated rings. The summed E-state index contributed by atoms with van der Waals surface area (Å²) < 4.78 is 14.0. The number of benzene rings is 2. The molecule has 0 saturated carbocycles. The molecular weight excluding hydrogens is 375 g/mol. The molecule has 1 aliphatic heterocycles. The number of carbonyl (C=O) groups is 1. The van der Waals surface area contributed by atoms with Crippen LogP contribution in [0.3, 0.4) is 0 Å². The van der Waals surface area contributed by atoms with Crippen LogP contribution in [0.2, 0.25) is 0 Å². The first-order chi connectivity index (χ1) is 14.3. The Morgan fingerprint density at radius 2 is 1.80 bits per heavy atom. The molecule has 1 aliphatic rings.